The van der Waals surface area contributed by atoms with Crippen LogP contribution in [-0.4, -0.2) is 15.9 Å². The molecule has 4 nitrogen and oxygen atoms in total. The monoisotopic (exact) mass is 376 g/mol. The highest BCUT2D eigenvalue weighted by Crippen LogP contribution is 2.15. The maximum Gasteiger partial charge on any atom is 0.191 e. The van der Waals surface area contributed by atoms with Crippen molar-refractivity contribution in [3.8, 4) is 0 Å². The molecule has 0 saturated heterocycles. The molecule has 0 fully saturated rings. The van der Waals surface area contributed by atoms with Crippen molar-refractivity contribution in [3.63, 3.8) is 0 Å². The average molecular weight is 377 g/mol. The summed E-state index contributed by atoms with van der Waals surface area (Å²) in [4.78, 5) is 0. The van der Waals surface area contributed by atoms with Gasteiger partial charge in [0, 0.05) is 18.4 Å². The van der Waals surface area contributed by atoms with E-state index in [0.717, 1.165) is 23.5 Å². The van der Waals surface area contributed by atoms with E-state index in [1.165, 1.54) is 16.7 Å². The number of rotatable bonds is 5. The van der Waals surface area contributed by atoms with Gasteiger partial charge in [-0.15, -0.1) is 0 Å². The van der Waals surface area contributed by atoms with Crippen LogP contribution in [0.5, 0.6) is 0 Å². The van der Waals surface area contributed by atoms with Gasteiger partial charge in [0.2, 0.25) is 0 Å². The predicted molar refractivity (Wildman–Crippen MR) is 118 cm³/mol. The largest absolute Gasteiger partial charge is 0.342 e. The minimum absolute atomic E-state index is 0.468. The number of aromatic nitrogens is 1. The highest BCUT2D eigenvalue weighted by Gasteiger charge is 2.02. The zero-order chi connectivity index (χ0) is 19.2. The topological polar surface area (TPSA) is 41.4 Å². The van der Waals surface area contributed by atoms with Crippen molar-refractivity contribution in [2.24, 2.45) is 5.10 Å². The van der Waals surface area contributed by atoms with Gasteiger partial charge in [-0.25, -0.2) is 0 Å². The van der Waals surface area contributed by atoms with Crippen LogP contribution in [-0.2, 0) is 6.54 Å². The Balaban J connectivity index is 1.60. The minimum atomic E-state index is 0.468. The van der Waals surface area contributed by atoms with Gasteiger partial charge >= 0.3 is 0 Å². The molecule has 0 aliphatic rings. The first kappa shape index (κ1) is 18.9. The highest BCUT2D eigenvalue weighted by molar-refractivity contribution is 7.80. The molecule has 27 heavy (non-hydrogen) atoms. The number of nitrogens with zero attached hydrogens (tertiary/aromatic N) is 2. The molecular weight excluding hydrogens is 352 g/mol. The SMILES string of the molecule is Cc1cccc(Cn2cccc2C=NNC(=S)Nc2ccc(C)cc2C)c1. The Labute approximate surface area is 165 Å². The number of thiocarbonyl (C=S) groups is 1. The van der Waals surface area contributed by atoms with Gasteiger partial charge in [0.05, 0.1) is 11.9 Å². The first-order valence-electron chi connectivity index (χ1n) is 8.89. The Morgan fingerprint density at radius 2 is 1.85 bits per heavy atom. The third-order valence-corrected chi connectivity index (χ3v) is 4.49. The number of nitrogens with one attached hydrogen (secondary N) is 2. The Kier molecular flexibility index (Phi) is 6.04. The van der Waals surface area contributed by atoms with Gasteiger partial charge < -0.3 is 9.88 Å². The molecule has 5 heteroatoms. The van der Waals surface area contributed by atoms with E-state index in [2.05, 4.69) is 83.8 Å². The number of hydrazone groups is 1. The lowest BCUT2D eigenvalue weighted by Gasteiger charge is -2.10. The minimum Gasteiger partial charge on any atom is -0.342 e. The van der Waals surface area contributed by atoms with Crippen molar-refractivity contribution in [2.45, 2.75) is 27.3 Å². The molecule has 0 unspecified atom stereocenters. The maximum atomic E-state index is 5.33. The van der Waals surface area contributed by atoms with Crippen LogP contribution in [0.2, 0.25) is 0 Å². The Morgan fingerprint density at radius 3 is 2.63 bits per heavy atom. The molecule has 0 aliphatic heterocycles. The average Bonchev–Trinajstić information content (AvgIpc) is 3.04. The molecular formula is C22H24N4S. The van der Waals surface area contributed by atoms with E-state index >= 15 is 0 Å². The second-order valence-corrected chi connectivity index (χ2v) is 7.10. The van der Waals surface area contributed by atoms with Gasteiger partial charge in [0.25, 0.3) is 0 Å². The molecule has 0 aliphatic carbocycles. The number of benzene rings is 2. The Hall–Kier alpha value is -2.92. The summed E-state index contributed by atoms with van der Waals surface area (Å²) < 4.78 is 2.15. The van der Waals surface area contributed by atoms with E-state index in [9.17, 15) is 0 Å². The molecule has 2 N–H and O–H groups in total. The molecule has 138 valence electrons. The first-order valence-corrected chi connectivity index (χ1v) is 9.30. The van der Waals surface area contributed by atoms with Gasteiger partial charge in [-0.05, 0) is 62.3 Å². The van der Waals surface area contributed by atoms with Crippen molar-refractivity contribution in [2.75, 3.05) is 5.32 Å². The quantitative estimate of drug-likeness (QED) is 0.382. The molecule has 2 aromatic carbocycles. The van der Waals surface area contributed by atoms with Crippen molar-refractivity contribution in [1.82, 2.24) is 9.99 Å². The van der Waals surface area contributed by atoms with Crippen molar-refractivity contribution >= 4 is 29.2 Å². The summed E-state index contributed by atoms with van der Waals surface area (Å²) in [6.07, 6.45) is 3.84. The molecule has 0 atom stereocenters. The van der Waals surface area contributed by atoms with Crippen LogP contribution in [0.3, 0.4) is 0 Å². The van der Waals surface area contributed by atoms with Crippen molar-refractivity contribution in [3.05, 3.63) is 88.7 Å². The summed E-state index contributed by atoms with van der Waals surface area (Å²) in [5.41, 5.74) is 9.79. The van der Waals surface area contributed by atoms with Crippen molar-refractivity contribution in [1.29, 1.82) is 0 Å². The van der Waals surface area contributed by atoms with E-state index in [1.54, 1.807) is 6.21 Å². The highest BCUT2D eigenvalue weighted by atomic mass is 32.1. The smallest absolute Gasteiger partial charge is 0.191 e. The fraction of sp³-hybridized carbons (Fsp3) is 0.182. The summed E-state index contributed by atoms with van der Waals surface area (Å²) in [7, 11) is 0. The molecule has 0 spiro atoms. The Bertz CT molecular complexity index is 972. The van der Waals surface area contributed by atoms with E-state index in [4.69, 9.17) is 12.2 Å². The van der Waals surface area contributed by atoms with Gasteiger partial charge in [0.1, 0.15) is 0 Å². The van der Waals surface area contributed by atoms with Gasteiger partial charge in [0.15, 0.2) is 5.11 Å². The Morgan fingerprint density at radius 1 is 1.04 bits per heavy atom. The van der Waals surface area contributed by atoms with Crippen LogP contribution in [0, 0.1) is 20.8 Å². The number of hydrogen-bond donors (Lipinski definition) is 2. The van der Waals surface area contributed by atoms with E-state index in [1.807, 2.05) is 18.2 Å². The lowest BCUT2D eigenvalue weighted by molar-refractivity contribution is 0.798. The van der Waals surface area contributed by atoms with Crippen molar-refractivity contribution < 1.29 is 0 Å². The first-order chi connectivity index (χ1) is 13.0. The standard InChI is InChI=1S/C22H24N4S/c1-16-6-4-7-19(13-16)15-26-11-5-8-20(26)14-23-25-22(27)24-21-10-9-17(2)12-18(21)3/h4-14H,15H2,1-3H3,(H2,24,25,27). The summed E-state index contributed by atoms with van der Waals surface area (Å²) in [5.74, 6) is 0. The summed E-state index contributed by atoms with van der Waals surface area (Å²) in [5, 5.41) is 7.92. The zero-order valence-electron chi connectivity index (χ0n) is 15.9. The third kappa shape index (κ3) is 5.28. The summed E-state index contributed by atoms with van der Waals surface area (Å²) in [6, 6.07) is 18.8. The second-order valence-electron chi connectivity index (χ2n) is 6.69. The van der Waals surface area contributed by atoms with Crippen LogP contribution >= 0.6 is 12.2 Å². The fourth-order valence-electron chi connectivity index (χ4n) is 2.96. The van der Waals surface area contributed by atoms with Crippen LogP contribution in [0.25, 0.3) is 0 Å². The molecule has 3 aromatic rings. The third-order valence-electron chi connectivity index (χ3n) is 4.29. The van der Waals surface area contributed by atoms with Gasteiger partial charge in [-0.1, -0.05) is 47.5 Å². The van der Waals surface area contributed by atoms with Crippen LogP contribution in [0.1, 0.15) is 27.9 Å². The number of hydrogen-bond acceptors (Lipinski definition) is 2. The zero-order valence-corrected chi connectivity index (χ0v) is 16.7. The van der Waals surface area contributed by atoms with Crippen LogP contribution < -0.4 is 10.7 Å². The molecule has 0 saturated carbocycles. The molecule has 0 radical (unpaired) electrons. The number of aryl methyl sites for hydroxylation is 3. The van der Waals surface area contributed by atoms with E-state index < -0.39 is 0 Å². The summed E-state index contributed by atoms with van der Waals surface area (Å²) in [6.45, 7) is 7.04. The van der Waals surface area contributed by atoms with E-state index in [-0.39, 0.29) is 0 Å². The molecule has 0 bridgehead atoms. The molecule has 3 rings (SSSR count). The van der Waals surface area contributed by atoms with Gasteiger partial charge in [-0.2, -0.15) is 5.10 Å². The molecule has 0 amide bonds. The molecule has 1 heterocycles. The van der Waals surface area contributed by atoms with Gasteiger partial charge in [-0.3, -0.25) is 5.43 Å². The predicted octanol–water partition coefficient (Wildman–Crippen LogP) is 4.78. The summed E-state index contributed by atoms with van der Waals surface area (Å²) >= 11 is 5.33. The lowest BCUT2D eigenvalue weighted by Crippen LogP contribution is -2.24. The normalized spacial score (nSPS) is 10.9. The van der Waals surface area contributed by atoms with E-state index in [0.29, 0.717) is 5.11 Å². The maximum absolute atomic E-state index is 5.33. The van der Waals surface area contributed by atoms with Crippen LogP contribution in [0.15, 0.2) is 65.9 Å². The molecule has 1 aromatic heterocycles. The van der Waals surface area contributed by atoms with Crippen LogP contribution in [0.4, 0.5) is 5.69 Å². The fourth-order valence-corrected chi connectivity index (χ4v) is 3.12. The number of anilines is 1. The second kappa shape index (κ2) is 8.64. The lowest BCUT2D eigenvalue weighted by atomic mass is 10.1.